The van der Waals surface area contributed by atoms with Gasteiger partial charge in [-0.25, -0.2) is 4.79 Å². The number of para-hydroxylation sites is 1. The molecule has 5 amide bonds. The number of carboxylic acids is 1. The van der Waals surface area contributed by atoms with E-state index in [1.165, 1.54) is 0 Å². The number of carbonyl (C=O) groups is 6. The van der Waals surface area contributed by atoms with E-state index in [9.17, 15) is 33.9 Å². The molecule has 0 aliphatic rings. The van der Waals surface area contributed by atoms with Crippen LogP contribution in [0.3, 0.4) is 0 Å². The third kappa shape index (κ3) is 9.67. The van der Waals surface area contributed by atoms with Crippen LogP contribution in [0.25, 0.3) is 10.9 Å². The van der Waals surface area contributed by atoms with Gasteiger partial charge in [0.15, 0.2) is 0 Å². The van der Waals surface area contributed by atoms with Crippen LogP contribution in [-0.2, 0) is 41.6 Å². The molecule has 43 heavy (non-hydrogen) atoms. The van der Waals surface area contributed by atoms with E-state index in [-0.39, 0.29) is 25.7 Å². The van der Waals surface area contributed by atoms with Crippen molar-refractivity contribution >= 4 is 46.4 Å². The van der Waals surface area contributed by atoms with Crippen LogP contribution < -0.4 is 33.2 Å². The summed E-state index contributed by atoms with van der Waals surface area (Å²) in [6.07, 6.45) is 0.799. The van der Waals surface area contributed by atoms with Crippen LogP contribution in [0.2, 0.25) is 0 Å². The van der Waals surface area contributed by atoms with Crippen molar-refractivity contribution in [2.45, 2.75) is 56.3 Å². The van der Waals surface area contributed by atoms with Gasteiger partial charge in [0, 0.05) is 36.4 Å². The minimum Gasteiger partial charge on any atom is -0.480 e. The number of hydrogen-bond donors (Lipinski definition) is 8. The Morgan fingerprint density at radius 1 is 0.744 bits per heavy atom. The molecule has 0 spiro atoms. The summed E-state index contributed by atoms with van der Waals surface area (Å²) in [5.41, 5.74) is 18.3. The van der Waals surface area contributed by atoms with Gasteiger partial charge >= 0.3 is 5.97 Å². The Labute approximate surface area is 246 Å². The Morgan fingerprint density at radius 3 is 1.95 bits per heavy atom. The number of H-pyrrole nitrogens is 1. The summed E-state index contributed by atoms with van der Waals surface area (Å²) < 4.78 is 0. The molecule has 0 radical (unpaired) electrons. The van der Waals surface area contributed by atoms with Crippen LogP contribution in [0.1, 0.15) is 30.4 Å². The molecule has 228 valence electrons. The number of nitrogens with two attached hydrogens (primary N) is 3. The number of aliphatic carboxylic acids is 1. The van der Waals surface area contributed by atoms with Crippen molar-refractivity contribution in [3.63, 3.8) is 0 Å². The normalized spacial score (nSPS) is 13.7. The third-order valence-electron chi connectivity index (χ3n) is 6.71. The second-order valence-corrected chi connectivity index (χ2v) is 10.1. The minimum absolute atomic E-state index is 0.0296. The molecular formula is C29H35N7O7. The number of nitrogens with one attached hydrogen (secondary N) is 4. The number of aromatic nitrogens is 1. The summed E-state index contributed by atoms with van der Waals surface area (Å²) in [5, 5.41) is 17.8. The number of carboxylic acid groups (broad SMARTS) is 1. The SMILES string of the molecule is NC(=O)CCC(N)C(=O)NC(Cc1ccccc1)C(=O)NC(Cc1c[nH]c2ccccc12)C(=O)NC(CC(N)=O)C(=O)O. The summed E-state index contributed by atoms with van der Waals surface area (Å²) in [5.74, 6) is -5.39. The fourth-order valence-corrected chi connectivity index (χ4v) is 4.44. The van der Waals surface area contributed by atoms with E-state index < -0.39 is 66.1 Å². The molecule has 0 aliphatic heterocycles. The van der Waals surface area contributed by atoms with Crippen molar-refractivity contribution in [2.24, 2.45) is 17.2 Å². The van der Waals surface area contributed by atoms with Gasteiger partial charge in [0.1, 0.15) is 18.1 Å². The zero-order valence-electron chi connectivity index (χ0n) is 23.2. The van der Waals surface area contributed by atoms with Gasteiger partial charge in [0.2, 0.25) is 29.5 Å². The van der Waals surface area contributed by atoms with Crippen molar-refractivity contribution < 1.29 is 33.9 Å². The van der Waals surface area contributed by atoms with E-state index in [0.717, 1.165) is 10.9 Å². The summed E-state index contributed by atoms with van der Waals surface area (Å²) in [4.78, 5) is 77.2. The van der Waals surface area contributed by atoms with Gasteiger partial charge in [0.25, 0.3) is 0 Å². The fourth-order valence-electron chi connectivity index (χ4n) is 4.44. The number of hydrogen-bond acceptors (Lipinski definition) is 7. The second kappa shape index (κ2) is 15.1. The Bertz CT molecular complexity index is 1470. The molecule has 0 saturated heterocycles. The van der Waals surface area contributed by atoms with Crippen molar-refractivity contribution in [3.05, 3.63) is 71.9 Å². The number of primary amides is 2. The number of amides is 5. The van der Waals surface area contributed by atoms with Crippen LogP contribution in [0.5, 0.6) is 0 Å². The Balaban J connectivity index is 1.89. The quantitative estimate of drug-likeness (QED) is 0.102. The Kier molecular flexibility index (Phi) is 11.3. The van der Waals surface area contributed by atoms with Crippen molar-refractivity contribution in [2.75, 3.05) is 0 Å². The van der Waals surface area contributed by atoms with Gasteiger partial charge in [-0.2, -0.15) is 0 Å². The highest BCUT2D eigenvalue weighted by Crippen LogP contribution is 2.19. The lowest BCUT2D eigenvalue weighted by atomic mass is 10.0. The largest absolute Gasteiger partial charge is 0.480 e. The average Bonchev–Trinajstić information content (AvgIpc) is 3.37. The monoisotopic (exact) mass is 593 g/mol. The van der Waals surface area contributed by atoms with Gasteiger partial charge in [0.05, 0.1) is 12.5 Å². The maximum Gasteiger partial charge on any atom is 0.326 e. The summed E-state index contributed by atoms with van der Waals surface area (Å²) in [6, 6.07) is 10.8. The molecule has 14 heteroatoms. The van der Waals surface area contributed by atoms with Crippen molar-refractivity contribution in [1.82, 2.24) is 20.9 Å². The smallest absolute Gasteiger partial charge is 0.326 e. The number of fused-ring (bicyclic) bond motifs is 1. The lowest BCUT2D eigenvalue weighted by molar-refractivity contribution is -0.143. The van der Waals surface area contributed by atoms with Gasteiger partial charge in [-0.05, 0) is 23.6 Å². The molecule has 4 unspecified atom stereocenters. The van der Waals surface area contributed by atoms with Gasteiger partial charge in [-0.3, -0.25) is 24.0 Å². The summed E-state index contributed by atoms with van der Waals surface area (Å²) in [7, 11) is 0. The predicted molar refractivity (Wildman–Crippen MR) is 156 cm³/mol. The predicted octanol–water partition coefficient (Wildman–Crippen LogP) is -1.04. The maximum absolute atomic E-state index is 13.7. The van der Waals surface area contributed by atoms with Gasteiger partial charge in [-0.15, -0.1) is 0 Å². The lowest BCUT2D eigenvalue weighted by Crippen LogP contribution is -2.58. The molecule has 1 heterocycles. The maximum atomic E-state index is 13.7. The first kappa shape index (κ1) is 32.3. The van der Waals surface area contributed by atoms with Crippen molar-refractivity contribution in [3.8, 4) is 0 Å². The van der Waals surface area contributed by atoms with E-state index >= 15 is 0 Å². The number of carbonyl (C=O) groups excluding carboxylic acids is 5. The lowest BCUT2D eigenvalue weighted by Gasteiger charge is -2.25. The molecule has 11 N–H and O–H groups in total. The molecular weight excluding hydrogens is 558 g/mol. The van der Waals surface area contributed by atoms with E-state index in [0.29, 0.717) is 11.1 Å². The number of aromatic amines is 1. The molecule has 0 saturated carbocycles. The fraction of sp³-hybridized carbons (Fsp3) is 0.310. The first-order valence-electron chi connectivity index (χ1n) is 13.5. The highest BCUT2D eigenvalue weighted by Gasteiger charge is 2.31. The molecule has 0 fully saturated rings. The Hall–Kier alpha value is -5.24. The van der Waals surface area contributed by atoms with E-state index in [4.69, 9.17) is 17.2 Å². The zero-order valence-corrected chi connectivity index (χ0v) is 23.2. The van der Waals surface area contributed by atoms with Gasteiger partial charge in [-0.1, -0.05) is 48.5 Å². The highest BCUT2D eigenvalue weighted by atomic mass is 16.4. The minimum atomic E-state index is -1.63. The third-order valence-corrected chi connectivity index (χ3v) is 6.71. The van der Waals surface area contributed by atoms with E-state index in [2.05, 4.69) is 20.9 Å². The molecule has 14 nitrogen and oxygen atoms in total. The first-order valence-corrected chi connectivity index (χ1v) is 13.5. The van der Waals surface area contributed by atoms with Crippen LogP contribution in [0.15, 0.2) is 60.8 Å². The van der Waals surface area contributed by atoms with Gasteiger partial charge < -0.3 is 43.2 Å². The van der Waals surface area contributed by atoms with Crippen LogP contribution in [-0.4, -0.2) is 69.8 Å². The summed E-state index contributed by atoms with van der Waals surface area (Å²) in [6.45, 7) is 0. The van der Waals surface area contributed by atoms with Crippen LogP contribution in [0, 0.1) is 0 Å². The van der Waals surface area contributed by atoms with E-state index in [1.807, 2.05) is 18.2 Å². The topological polar surface area (TPSA) is 253 Å². The standard InChI is InChI=1S/C29H35N7O7/c30-19(10-11-24(31)37)26(39)34-21(12-16-6-2-1-3-7-16)27(40)35-22(28(41)36-23(29(42)43)14-25(32)38)13-17-15-33-20-9-5-4-8-18(17)20/h1-9,15,19,21-23,33H,10-14,30H2,(H2,31,37)(H2,32,38)(H,34,39)(H,35,40)(H,36,41)(H,42,43). The molecule has 4 atom stereocenters. The molecule has 1 aromatic heterocycles. The first-order chi connectivity index (χ1) is 20.4. The van der Waals surface area contributed by atoms with Crippen molar-refractivity contribution in [1.29, 1.82) is 0 Å². The highest BCUT2D eigenvalue weighted by molar-refractivity contribution is 5.95. The number of rotatable bonds is 16. The molecule has 3 aromatic rings. The number of benzene rings is 2. The molecule has 0 bridgehead atoms. The van der Waals surface area contributed by atoms with Crippen LogP contribution in [0.4, 0.5) is 0 Å². The summed E-state index contributed by atoms with van der Waals surface area (Å²) >= 11 is 0. The zero-order chi connectivity index (χ0) is 31.5. The average molecular weight is 594 g/mol. The molecule has 3 rings (SSSR count). The molecule has 2 aromatic carbocycles. The van der Waals surface area contributed by atoms with Crippen LogP contribution >= 0.6 is 0 Å². The molecule has 0 aliphatic carbocycles. The van der Waals surface area contributed by atoms with E-state index in [1.54, 1.807) is 42.6 Å². The second-order valence-electron chi connectivity index (χ2n) is 10.1. The Morgan fingerprint density at radius 2 is 1.33 bits per heavy atom.